The Labute approximate surface area is 292 Å². The SMILES string of the molecule is CCc1ccc2c(c1)C(C)(C)c1c3c(c4ccccc4c1-2)OC(c1ccc(N2CCCCC2)cc1)(c1ccc(N2CCCCC2)cc1)C=C3. The minimum Gasteiger partial charge on any atom is -0.472 e. The van der Waals surface area contributed by atoms with Gasteiger partial charge < -0.3 is 14.5 Å². The standard InChI is InChI=1S/C46H48N2O/c1-4-32-15-24-39-41(31-32)45(2,3)43-40-25-26-46(49-44(40)38-14-8-7-13-37(38)42(39)43,33-16-20-35(21-17-33)47-27-9-5-10-28-47)34-18-22-36(23-19-34)48-29-11-6-12-30-48/h7-8,13-26,31H,4-6,9-12,27-30H2,1-3H3. The first-order chi connectivity index (χ1) is 24.0. The van der Waals surface area contributed by atoms with Crippen LogP contribution in [-0.4, -0.2) is 26.2 Å². The van der Waals surface area contributed by atoms with Crippen LogP contribution in [0.5, 0.6) is 5.75 Å². The molecule has 2 fully saturated rings. The zero-order valence-corrected chi connectivity index (χ0v) is 29.4. The first-order valence-corrected chi connectivity index (χ1v) is 18.8. The maximum Gasteiger partial charge on any atom is 0.178 e. The number of fused-ring (bicyclic) bond motifs is 8. The van der Waals surface area contributed by atoms with Crippen LogP contribution in [0.3, 0.4) is 0 Å². The Balaban J connectivity index is 1.22. The molecule has 0 amide bonds. The van der Waals surface area contributed by atoms with Crippen molar-refractivity contribution in [1.29, 1.82) is 0 Å². The van der Waals surface area contributed by atoms with E-state index in [0.29, 0.717) is 0 Å². The second-order valence-corrected chi connectivity index (χ2v) is 15.3. The Bertz CT molecular complexity index is 2000. The first-order valence-electron chi connectivity index (χ1n) is 18.8. The number of aryl methyl sites for hydroxylation is 1. The van der Waals surface area contributed by atoms with Crippen molar-refractivity contribution in [3.8, 4) is 16.9 Å². The minimum atomic E-state index is -0.754. The van der Waals surface area contributed by atoms with E-state index < -0.39 is 5.60 Å². The van der Waals surface area contributed by atoms with Gasteiger partial charge in [-0.05, 0) is 108 Å². The summed E-state index contributed by atoms with van der Waals surface area (Å²) in [6.07, 6.45) is 13.6. The van der Waals surface area contributed by atoms with Crippen molar-refractivity contribution < 1.29 is 4.74 Å². The summed E-state index contributed by atoms with van der Waals surface area (Å²) >= 11 is 0. The van der Waals surface area contributed by atoms with E-state index in [9.17, 15) is 0 Å². The first kappa shape index (κ1) is 30.6. The molecular formula is C46H48N2O. The van der Waals surface area contributed by atoms with E-state index >= 15 is 0 Å². The molecule has 0 unspecified atom stereocenters. The highest BCUT2D eigenvalue weighted by atomic mass is 16.5. The van der Waals surface area contributed by atoms with Crippen LogP contribution in [0.1, 0.15) is 92.7 Å². The molecule has 3 heterocycles. The summed E-state index contributed by atoms with van der Waals surface area (Å²) in [4.78, 5) is 5.08. The Kier molecular flexibility index (Phi) is 7.38. The third kappa shape index (κ3) is 4.83. The Morgan fingerprint density at radius 1 is 0.653 bits per heavy atom. The van der Waals surface area contributed by atoms with Crippen LogP contribution < -0.4 is 14.5 Å². The Hall–Kier alpha value is -4.50. The van der Waals surface area contributed by atoms with Gasteiger partial charge in [-0.3, -0.25) is 0 Å². The fraction of sp³-hybridized carbons (Fsp3) is 0.348. The van der Waals surface area contributed by atoms with Gasteiger partial charge in [-0.2, -0.15) is 0 Å². The third-order valence-corrected chi connectivity index (χ3v) is 12.0. The highest BCUT2D eigenvalue weighted by molar-refractivity contribution is 6.08. The predicted molar refractivity (Wildman–Crippen MR) is 206 cm³/mol. The molecule has 0 aromatic heterocycles. The number of benzene rings is 5. The van der Waals surface area contributed by atoms with Gasteiger partial charge in [0.05, 0.1) is 0 Å². The van der Waals surface area contributed by atoms with Crippen molar-refractivity contribution in [2.24, 2.45) is 0 Å². The van der Waals surface area contributed by atoms with Crippen LogP contribution in [0.15, 0.2) is 97.1 Å². The molecule has 5 aromatic rings. The summed E-state index contributed by atoms with van der Waals surface area (Å²) in [5, 5.41) is 2.46. The van der Waals surface area contributed by atoms with Crippen molar-refractivity contribution in [2.45, 2.75) is 76.7 Å². The largest absolute Gasteiger partial charge is 0.472 e. The maximum atomic E-state index is 7.62. The Morgan fingerprint density at radius 2 is 1.22 bits per heavy atom. The molecule has 3 aliphatic heterocycles. The van der Waals surface area contributed by atoms with Crippen LogP contribution in [0.25, 0.3) is 28.0 Å². The molecule has 3 heteroatoms. The van der Waals surface area contributed by atoms with Gasteiger partial charge in [0, 0.05) is 65.0 Å². The molecule has 0 spiro atoms. The fourth-order valence-electron chi connectivity index (χ4n) is 9.32. The molecule has 0 atom stereocenters. The summed E-state index contributed by atoms with van der Waals surface area (Å²) in [6.45, 7) is 11.6. The molecule has 0 N–H and O–H groups in total. The van der Waals surface area contributed by atoms with E-state index in [1.165, 1.54) is 105 Å². The van der Waals surface area contributed by atoms with E-state index in [4.69, 9.17) is 4.74 Å². The number of nitrogens with zero attached hydrogens (tertiary/aromatic N) is 2. The van der Waals surface area contributed by atoms with Gasteiger partial charge in [0.15, 0.2) is 5.60 Å². The molecule has 0 radical (unpaired) electrons. The lowest BCUT2D eigenvalue weighted by molar-refractivity contribution is 0.163. The van der Waals surface area contributed by atoms with Crippen molar-refractivity contribution >= 4 is 28.2 Å². The zero-order valence-electron chi connectivity index (χ0n) is 29.4. The predicted octanol–water partition coefficient (Wildman–Crippen LogP) is 11.0. The molecular weight excluding hydrogens is 597 g/mol. The average molecular weight is 645 g/mol. The number of hydrogen-bond acceptors (Lipinski definition) is 3. The highest BCUT2D eigenvalue weighted by Gasteiger charge is 2.44. The van der Waals surface area contributed by atoms with Crippen LogP contribution >= 0.6 is 0 Å². The molecule has 1 aliphatic carbocycles. The fourth-order valence-corrected chi connectivity index (χ4v) is 9.32. The van der Waals surface area contributed by atoms with E-state index in [2.05, 4.69) is 134 Å². The van der Waals surface area contributed by atoms with E-state index in [-0.39, 0.29) is 5.41 Å². The number of hydrogen-bond donors (Lipinski definition) is 0. The molecule has 0 saturated carbocycles. The lowest BCUT2D eigenvalue weighted by Gasteiger charge is -2.39. The number of piperidine rings is 2. The summed E-state index contributed by atoms with van der Waals surface area (Å²) in [5.74, 6) is 0.994. The second-order valence-electron chi connectivity index (χ2n) is 15.3. The summed E-state index contributed by atoms with van der Waals surface area (Å²) in [5.41, 5.74) is 12.2. The second kappa shape index (κ2) is 11.8. The molecule has 3 nitrogen and oxygen atoms in total. The maximum absolute atomic E-state index is 7.62. The van der Waals surface area contributed by atoms with Gasteiger partial charge in [0.25, 0.3) is 0 Å². The molecule has 49 heavy (non-hydrogen) atoms. The monoisotopic (exact) mass is 644 g/mol. The van der Waals surface area contributed by atoms with E-state index in [1.807, 2.05) is 0 Å². The smallest absolute Gasteiger partial charge is 0.178 e. The molecule has 4 aliphatic rings. The molecule has 0 bridgehead atoms. The quantitative estimate of drug-likeness (QED) is 0.189. The molecule has 2 saturated heterocycles. The van der Waals surface area contributed by atoms with Crippen LogP contribution in [0, 0.1) is 0 Å². The van der Waals surface area contributed by atoms with Gasteiger partial charge in [0.2, 0.25) is 0 Å². The highest BCUT2D eigenvalue weighted by Crippen LogP contribution is 2.58. The number of rotatable bonds is 5. The summed E-state index contributed by atoms with van der Waals surface area (Å²) in [6, 6.07) is 34.6. The summed E-state index contributed by atoms with van der Waals surface area (Å²) < 4.78 is 7.62. The number of anilines is 2. The number of ether oxygens (including phenoxy) is 1. The van der Waals surface area contributed by atoms with Crippen molar-refractivity contribution in [1.82, 2.24) is 0 Å². The third-order valence-electron chi connectivity index (χ3n) is 12.0. The van der Waals surface area contributed by atoms with Crippen LogP contribution in [-0.2, 0) is 17.4 Å². The summed E-state index contributed by atoms with van der Waals surface area (Å²) in [7, 11) is 0. The average Bonchev–Trinajstić information content (AvgIpc) is 3.41. The van der Waals surface area contributed by atoms with Crippen molar-refractivity contribution in [2.75, 3.05) is 36.0 Å². The van der Waals surface area contributed by atoms with Crippen molar-refractivity contribution in [3.05, 3.63) is 130 Å². The van der Waals surface area contributed by atoms with Gasteiger partial charge in [-0.15, -0.1) is 0 Å². The van der Waals surface area contributed by atoms with Crippen molar-refractivity contribution in [3.63, 3.8) is 0 Å². The topological polar surface area (TPSA) is 15.7 Å². The van der Waals surface area contributed by atoms with E-state index in [0.717, 1.165) is 38.3 Å². The van der Waals surface area contributed by atoms with Gasteiger partial charge in [-0.25, -0.2) is 0 Å². The zero-order chi connectivity index (χ0) is 33.2. The van der Waals surface area contributed by atoms with Gasteiger partial charge >= 0.3 is 0 Å². The minimum absolute atomic E-state index is 0.149. The lowest BCUT2D eigenvalue weighted by atomic mass is 9.76. The van der Waals surface area contributed by atoms with Crippen LogP contribution in [0.2, 0.25) is 0 Å². The normalized spacial score (nSPS) is 18.9. The molecule has 5 aromatic carbocycles. The van der Waals surface area contributed by atoms with Gasteiger partial charge in [-0.1, -0.05) is 93.6 Å². The van der Waals surface area contributed by atoms with E-state index in [1.54, 1.807) is 0 Å². The molecule has 9 rings (SSSR count). The Morgan fingerprint density at radius 3 is 1.80 bits per heavy atom. The van der Waals surface area contributed by atoms with Crippen LogP contribution in [0.4, 0.5) is 11.4 Å². The lowest BCUT2D eigenvalue weighted by Crippen LogP contribution is -2.35. The van der Waals surface area contributed by atoms with Gasteiger partial charge in [0.1, 0.15) is 5.75 Å². The molecule has 248 valence electrons.